The molecule has 0 saturated carbocycles. The summed E-state index contributed by atoms with van der Waals surface area (Å²) in [4.78, 5) is 25.3. The van der Waals surface area contributed by atoms with Gasteiger partial charge in [0.15, 0.2) is 0 Å². The topological polar surface area (TPSA) is 67.4 Å². The number of benzene rings is 2. The number of amides is 2. The molecule has 29 heavy (non-hydrogen) atoms. The first kappa shape index (κ1) is 21.5. The van der Waals surface area contributed by atoms with E-state index in [4.69, 9.17) is 4.74 Å². The molecule has 1 fully saturated rings. The fraction of sp³-hybridized carbons (Fsp3) is 0.364. The second kappa shape index (κ2) is 9.50. The van der Waals surface area contributed by atoms with Crippen molar-refractivity contribution in [2.75, 3.05) is 25.1 Å². The molecule has 3 rings (SSSR count). The Morgan fingerprint density at radius 1 is 1.17 bits per heavy atom. The summed E-state index contributed by atoms with van der Waals surface area (Å²) in [5.41, 5.74) is 1.50. The quantitative estimate of drug-likeness (QED) is 0.679. The molecule has 1 aliphatic heterocycles. The van der Waals surface area contributed by atoms with Gasteiger partial charge in [-0.25, -0.2) is 4.39 Å². The molecule has 154 valence electrons. The van der Waals surface area contributed by atoms with Crippen molar-refractivity contribution in [3.8, 4) is 0 Å². The van der Waals surface area contributed by atoms with E-state index in [-0.39, 0.29) is 30.6 Å². The molecular formula is C22H24BrFN2O3. The van der Waals surface area contributed by atoms with Crippen LogP contribution in [0.15, 0.2) is 46.9 Å². The molecule has 0 aliphatic carbocycles. The number of halogens is 2. The van der Waals surface area contributed by atoms with E-state index in [9.17, 15) is 14.0 Å². The summed E-state index contributed by atoms with van der Waals surface area (Å²) >= 11 is 3.39. The van der Waals surface area contributed by atoms with E-state index in [1.165, 1.54) is 12.1 Å². The second-order valence-electron chi connectivity index (χ2n) is 7.22. The van der Waals surface area contributed by atoms with Gasteiger partial charge in [-0.1, -0.05) is 34.1 Å². The predicted octanol–water partition coefficient (Wildman–Crippen LogP) is 4.09. The third-order valence-corrected chi connectivity index (χ3v) is 5.76. The highest BCUT2D eigenvalue weighted by Gasteiger charge is 2.41. The number of hydrogen-bond acceptors (Lipinski definition) is 3. The summed E-state index contributed by atoms with van der Waals surface area (Å²) < 4.78 is 20.1. The minimum Gasteiger partial charge on any atom is -0.381 e. The minimum absolute atomic E-state index is 0.146. The molecular weight excluding hydrogens is 439 g/mol. The van der Waals surface area contributed by atoms with Crippen LogP contribution in [0.2, 0.25) is 0 Å². The summed E-state index contributed by atoms with van der Waals surface area (Å²) in [7, 11) is 0. The summed E-state index contributed by atoms with van der Waals surface area (Å²) in [6, 6.07) is 11.8. The van der Waals surface area contributed by atoms with E-state index in [0.717, 1.165) is 15.7 Å². The molecule has 0 radical (unpaired) electrons. The lowest BCUT2D eigenvalue weighted by Crippen LogP contribution is -2.48. The van der Waals surface area contributed by atoms with Gasteiger partial charge in [-0.3, -0.25) is 9.59 Å². The number of aryl methyl sites for hydroxylation is 1. The zero-order valence-electron chi connectivity index (χ0n) is 16.3. The molecule has 0 aromatic heterocycles. The van der Waals surface area contributed by atoms with Crippen LogP contribution >= 0.6 is 15.9 Å². The maximum Gasteiger partial charge on any atom is 0.230 e. The van der Waals surface area contributed by atoms with Crippen molar-refractivity contribution in [2.24, 2.45) is 0 Å². The molecule has 1 heterocycles. The largest absolute Gasteiger partial charge is 0.381 e. The Morgan fingerprint density at radius 2 is 1.93 bits per heavy atom. The van der Waals surface area contributed by atoms with Gasteiger partial charge in [-0.15, -0.1) is 0 Å². The average molecular weight is 463 g/mol. The zero-order valence-corrected chi connectivity index (χ0v) is 17.9. The Bertz CT molecular complexity index is 897. The van der Waals surface area contributed by atoms with Crippen LogP contribution in [0.5, 0.6) is 0 Å². The van der Waals surface area contributed by atoms with Gasteiger partial charge in [-0.05, 0) is 55.2 Å². The Labute approximate surface area is 178 Å². The highest BCUT2D eigenvalue weighted by molar-refractivity contribution is 9.10. The third-order valence-electron chi connectivity index (χ3n) is 5.27. The SMILES string of the molecule is Cc1ccc(Br)cc1NC(=O)CCNC(=O)C1(c2cccc(F)c2)CCOCC1. The van der Waals surface area contributed by atoms with Gasteiger partial charge in [0.05, 0.1) is 5.41 Å². The van der Waals surface area contributed by atoms with Gasteiger partial charge in [0, 0.05) is 36.3 Å². The van der Waals surface area contributed by atoms with Gasteiger partial charge < -0.3 is 15.4 Å². The summed E-state index contributed by atoms with van der Waals surface area (Å²) in [6.45, 7) is 2.99. The zero-order chi connectivity index (χ0) is 20.9. The standard InChI is InChI=1S/C22H24BrFN2O3/c1-15-5-6-17(23)14-19(15)26-20(27)7-10-25-21(28)22(8-11-29-12-9-22)16-3-2-4-18(24)13-16/h2-6,13-14H,7-12H2,1H3,(H,25,28)(H,26,27). The van der Waals surface area contributed by atoms with Crippen molar-refractivity contribution >= 4 is 33.4 Å². The first-order valence-corrected chi connectivity index (χ1v) is 10.4. The van der Waals surface area contributed by atoms with Crippen molar-refractivity contribution in [1.82, 2.24) is 5.32 Å². The fourth-order valence-corrected chi connectivity index (χ4v) is 3.91. The molecule has 2 amide bonds. The Kier molecular flexibility index (Phi) is 7.03. The summed E-state index contributed by atoms with van der Waals surface area (Å²) in [5, 5.41) is 5.73. The van der Waals surface area contributed by atoms with E-state index in [2.05, 4.69) is 26.6 Å². The Hall–Kier alpha value is -2.25. The van der Waals surface area contributed by atoms with Crippen LogP contribution in [-0.2, 0) is 19.7 Å². The first-order chi connectivity index (χ1) is 13.9. The van der Waals surface area contributed by atoms with Crippen LogP contribution in [0, 0.1) is 12.7 Å². The molecule has 1 aliphatic rings. The van der Waals surface area contributed by atoms with E-state index >= 15 is 0 Å². The monoisotopic (exact) mass is 462 g/mol. The number of carbonyl (C=O) groups excluding carboxylic acids is 2. The molecule has 2 N–H and O–H groups in total. The summed E-state index contributed by atoms with van der Waals surface area (Å²) in [6.07, 6.45) is 1.10. The maximum atomic E-state index is 13.8. The van der Waals surface area contributed by atoms with Crippen LogP contribution in [0.25, 0.3) is 0 Å². The van der Waals surface area contributed by atoms with Crippen LogP contribution < -0.4 is 10.6 Å². The van der Waals surface area contributed by atoms with Crippen molar-refractivity contribution in [3.05, 3.63) is 63.9 Å². The van der Waals surface area contributed by atoms with Crippen molar-refractivity contribution < 1.29 is 18.7 Å². The van der Waals surface area contributed by atoms with Crippen molar-refractivity contribution in [3.63, 3.8) is 0 Å². The number of hydrogen-bond donors (Lipinski definition) is 2. The number of nitrogens with one attached hydrogen (secondary N) is 2. The van der Waals surface area contributed by atoms with Gasteiger partial charge in [0.1, 0.15) is 5.82 Å². The van der Waals surface area contributed by atoms with E-state index in [1.54, 1.807) is 12.1 Å². The minimum atomic E-state index is -0.836. The molecule has 0 unspecified atom stereocenters. The molecule has 5 nitrogen and oxygen atoms in total. The number of rotatable bonds is 6. The highest BCUT2D eigenvalue weighted by Crippen LogP contribution is 2.35. The molecule has 0 bridgehead atoms. The lowest BCUT2D eigenvalue weighted by Gasteiger charge is -2.36. The van der Waals surface area contributed by atoms with Gasteiger partial charge in [0.2, 0.25) is 11.8 Å². The molecule has 2 aromatic rings. The van der Waals surface area contributed by atoms with Crippen molar-refractivity contribution in [2.45, 2.75) is 31.6 Å². The highest BCUT2D eigenvalue weighted by atomic mass is 79.9. The number of ether oxygens (including phenoxy) is 1. The van der Waals surface area contributed by atoms with Gasteiger partial charge >= 0.3 is 0 Å². The van der Waals surface area contributed by atoms with Crippen LogP contribution in [-0.4, -0.2) is 31.6 Å². The maximum absolute atomic E-state index is 13.8. The molecule has 1 saturated heterocycles. The van der Waals surface area contributed by atoms with Crippen molar-refractivity contribution in [1.29, 1.82) is 0 Å². The Balaban J connectivity index is 1.62. The summed E-state index contributed by atoms with van der Waals surface area (Å²) in [5.74, 6) is -0.749. The molecule has 0 atom stereocenters. The first-order valence-electron chi connectivity index (χ1n) is 9.59. The lowest BCUT2D eigenvalue weighted by atomic mass is 9.73. The normalized spacial score (nSPS) is 15.6. The lowest BCUT2D eigenvalue weighted by molar-refractivity contribution is -0.130. The van der Waals surface area contributed by atoms with E-state index in [0.29, 0.717) is 31.6 Å². The predicted molar refractivity (Wildman–Crippen MR) is 113 cm³/mol. The second-order valence-corrected chi connectivity index (χ2v) is 8.13. The van der Waals surface area contributed by atoms with Gasteiger partial charge in [0.25, 0.3) is 0 Å². The van der Waals surface area contributed by atoms with E-state index < -0.39 is 5.41 Å². The van der Waals surface area contributed by atoms with Crippen LogP contribution in [0.1, 0.15) is 30.4 Å². The molecule has 0 spiro atoms. The number of anilines is 1. The van der Waals surface area contributed by atoms with Crippen LogP contribution in [0.3, 0.4) is 0 Å². The van der Waals surface area contributed by atoms with Crippen LogP contribution in [0.4, 0.5) is 10.1 Å². The smallest absolute Gasteiger partial charge is 0.230 e. The number of carbonyl (C=O) groups is 2. The Morgan fingerprint density at radius 3 is 2.66 bits per heavy atom. The van der Waals surface area contributed by atoms with Gasteiger partial charge in [-0.2, -0.15) is 0 Å². The van der Waals surface area contributed by atoms with E-state index in [1.807, 2.05) is 25.1 Å². The molecule has 2 aromatic carbocycles. The third kappa shape index (κ3) is 5.22. The fourth-order valence-electron chi connectivity index (χ4n) is 3.55. The molecule has 7 heteroatoms. The average Bonchev–Trinajstić information content (AvgIpc) is 2.71.